The predicted molar refractivity (Wildman–Crippen MR) is 81.2 cm³/mol. The first kappa shape index (κ1) is 27.9. The van der Waals surface area contributed by atoms with Crippen LogP contribution in [-0.2, 0) is 21.7 Å². The fourth-order valence-electron chi connectivity index (χ4n) is 0.796. The van der Waals surface area contributed by atoms with Crippen LogP contribution in [0.4, 0.5) is 0 Å². The molecule has 20 heavy (non-hydrogen) atoms. The zero-order valence-corrected chi connectivity index (χ0v) is 14.3. The zero-order chi connectivity index (χ0) is 15.2. The molecule has 0 aliphatic heterocycles. The van der Waals surface area contributed by atoms with E-state index in [1.165, 1.54) is 0 Å². The standard InChI is InChI=1S/2C5H9O.C5H5.C2H5.Ti/c2*1-2-3-4-5-6;1-2-4-5-3-1;1-2;/h2*2H,1,3-5H2;1-3H,4H2;1H2,2H3;/q4*-1;+4. The molecule has 0 saturated heterocycles. The van der Waals surface area contributed by atoms with Gasteiger partial charge in [0.2, 0.25) is 0 Å². The maximum absolute atomic E-state index is 9.64. The molecule has 3 heteroatoms. The molecule has 0 fully saturated rings. The van der Waals surface area contributed by atoms with Crippen molar-refractivity contribution in [3.05, 3.63) is 56.5 Å². The molecule has 0 atom stereocenters. The average molecular weight is 312 g/mol. The van der Waals surface area contributed by atoms with Crippen molar-refractivity contribution in [3.8, 4) is 0 Å². The monoisotopic (exact) mass is 312 g/mol. The number of rotatable bonds is 6. The van der Waals surface area contributed by atoms with Crippen molar-refractivity contribution in [3.63, 3.8) is 0 Å². The molecular formula is C17H28O2Ti. The van der Waals surface area contributed by atoms with Crippen molar-refractivity contribution in [2.45, 2.75) is 39.0 Å². The fourth-order valence-corrected chi connectivity index (χ4v) is 0.796. The fraction of sp³-hybridized carbons (Fsp3) is 0.471. The number of unbranched alkanes of at least 4 members (excludes halogenated alkanes) is 2. The third-order valence-electron chi connectivity index (χ3n) is 1.69. The second kappa shape index (κ2) is 36.3. The summed E-state index contributed by atoms with van der Waals surface area (Å²) in [5.74, 6) is 0. The Bertz CT molecular complexity index is 189. The summed E-state index contributed by atoms with van der Waals surface area (Å²) in [6, 6.07) is 0. The third kappa shape index (κ3) is 43.2. The zero-order valence-electron chi connectivity index (χ0n) is 12.8. The minimum absolute atomic E-state index is 0. The van der Waals surface area contributed by atoms with Gasteiger partial charge >= 0.3 is 21.7 Å². The molecule has 0 amide bonds. The molecule has 1 rings (SSSR count). The van der Waals surface area contributed by atoms with Crippen molar-refractivity contribution in [1.29, 1.82) is 0 Å². The summed E-state index contributed by atoms with van der Waals surface area (Å²) < 4.78 is 0. The van der Waals surface area contributed by atoms with Gasteiger partial charge < -0.3 is 17.1 Å². The third-order valence-corrected chi connectivity index (χ3v) is 1.69. The minimum atomic E-state index is 0. The Hall–Kier alpha value is -0.406. The molecule has 1 aliphatic rings. The van der Waals surface area contributed by atoms with Crippen LogP contribution >= 0.6 is 0 Å². The molecule has 0 bridgehead atoms. The molecule has 0 spiro atoms. The summed E-state index contributed by atoms with van der Waals surface area (Å²) in [6.07, 6.45) is 16.7. The van der Waals surface area contributed by atoms with Gasteiger partial charge in [0, 0.05) is 0 Å². The van der Waals surface area contributed by atoms with Crippen molar-refractivity contribution in [1.82, 2.24) is 0 Å². The Morgan fingerprint density at radius 2 is 1.55 bits per heavy atom. The summed E-state index contributed by atoms with van der Waals surface area (Å²) in [4.78, 5) is 0. The van der Waals surface area contributed by atoms with Crippen LogP contribution in [0.2, 0.25) is 0 Å². The van der Waals surface area contributed by atoms with Crippen LogP contribution in [0.1, 0.15) is 39.0 Å². The second-order valence-corrected chi connectivity index (χ2v) is 3.27. The van der Waals surface area contributed by atoms with Gasteiger partial charge in [0.1, 0.15) is 0 Å². The Morgan fingerprint density at radius 1 is 1.10 bits per heavy atom. The Balaban J connectivity index is -0.0000000883. The summed E-state index contributed by atoms with van der Waals surface area (Å²) in [5, 5.41) is 19.3. The van der Waals surface area contributed by atoms with Gasteiger partial charge in [-0.3, -0.25) is 6.08 Å². The van der Waals surface area contributed by atoms with Crippen molar-refractivity contribution in [2.24, 2.45) is 0 Å². The van der Waals surface area contributed by atoms with Gasteiger partial charge in [-0.2, -0.15) is 13.0 Å². The SMILES string of the molecule is C=CCCC[O-].C=CCCC[O-].[C-]1=CC=CC1.[CH2-]C.[Ti+4]. The van der Waals surface area contributed by atoms with Crippen LogP contribution < -0.4 is 10.2 Å². The maximum Gasteiger partial charge on any atom is 4.00 e. The van der Waals surface area contributed by atoms with Crippen molar-refractivity contribution >= 4 is 0 Å². The average Bonchev–Trinajstić information content (AvgIpc) is 3.05. The van der Waals surface area contributed by atoms with E-state index in [0.717, 1.165) is 32.1 Å². The summed E-state index contributed by atoms with van der Waals surface area (Å²) in [5.41, 5.74) is 0. The van der Waals surface area contributed by atoms with E-state index in [1.807, 2.05) is 12.2 Å². The second-order valence-electron chi connectivity index (χ2n) is 3.27. The van der Waals surface area contributed by atoms with Crippen LogP contribution in [0, 0.1) is 13.0 Å². The number of hydrogen-bond acceptors (Lipinski definition) is 2. The van der Waals surface area contributed by atoms with Gasteiger partial charge in [0.05, 0.1) is 0 Å². The van der Waals surface area contributed by atoms with Gasteiger partial charge in [-0.1, -0.05) is 25.0 Å². The molecule has 0 aromatic carbocycles. The molecular weight excluding hydrogens is 284 g/mol. The van der Waals surface area contributed by atoms with Crippen molar-refractivity contribution < 1.29 is 31.9 Å². The van der Waals surface area contributed by atoms with Gasteiger partial charge in [-0.25, -0.2) is 12.2 Å². The van der Waals surface area contributed by atoms with Gasteiger partial charge in [-0.05, 0) is 12.8 Å². The largest absolute Gasteiger partial charge is 4.00 e. The van der Waals surface area contributed by atoms with Gasteiger partial charge in [0.15, 0.2) is 0 Å². The normalized spacial score (nSPS) is 9.60. The Morgan fingerprint density at radius 3 is 1.65 bits per heavy atom. The molecule has 0 N–H and O–H groups in total. The van der Waals surface area contributed by atoms with Crippen LogP contribution in [0.15, 0.2) is 43.5 Å². The summed E-state index contributed by atoms with van der Waals surface area (Å²) >= 11 is 0. The number of allylic oxidation sites excluding steroid dienone is 6. The van der Waals surface area contributed by atoms with Crippen LogP contribution in [0.5, 0.6) is 0 Å². The topological polar surface area (TPSA) is 46.1 Å². The van der Waals surface area contributed by atoms with E-state index in [4.69, 9.17) is 0 Å². The van der Waals surface area contributed by atoms with Crippen LogP contribution in [-0.4, -0.2) is 13.2 Å². The van der Waals surface area contributed by atoms with Gasteiger partial charge in [-0.15, -0.1) is 32.8 Å². The molecule has 0 unspecified atom stereocenters. The maximum atomic E-state index is 9.64. The molecule has 0 aromatic heterocycles. The van der Waals surface area contributed by atoms with E-state index in [-0.39, 0.29) is 34.9 Å². The van der Waals surface area contributed by atoms with E-state index in [1.54, 1.807) is 19.1 Å². The molecule has 0 aromatic rings. The Kier molecular flexibility index (Phi) is 50.5. The Labute approximate surface area is 140 Å². The molecule has 0 saturated carbocycles. The quantitative estimate of drug-likeness (QED) is 0.328. The molecule has 2 nitrogen and oxygen atoms in total. The number of hydrogen-bond donors (Lipinski definition) is 0. The predicted octanol–water partition coefficient (Wildman–Crippen LogP) is 2.77. The first-order valence-corrected chi connectivity index (χ1v) is 6.63. The van der Waals surface area contributed by atoms with E-state index >= 15 is 0 Å². The first-order valence-electron chi connectivity index (χ1n) is 6.63. The first-order chi connectivity index (χ1) is 9.33. The molecule has 0 heterocycles. The van der Waals surface area contributed by atoms with Crippen LogP contribution in [0.25, 0.3) is 0 Å². The molecule has 112 valence electrons. The minimum Gasteiger partial charge on any atom is -0.854 e. The summed E-state index contributed by atoms with van der Waals surface area (Å²) in [7, 11) is 0. The van der Waals surface area contributed by atoms with Gasteiger partial charge in [0.25, 0.3) is 0 Å². The van der Waals surface area contributed by atoms with Crippen LogP contribution in [0.3, 0.4) is 0 Å². The molecule has 1 aliphatic carbocycles. The molecule has 0 radical (unpaired) electrons. The summed E-state index contributed by atoms with van der Waals surface area (Å²) in [6.45, 7) is 12.0. The van der Waals surface area contributed by atoms with E-state index in [0.29, 0.717) is 0 Å². The van der Waals surface area contributed by atoms with E-state index in [2.05, 4.69) is 32.2 Å². The van der Waals surface area contributed by atoms with E-state index in [9.17, 15) is 10.2 Å². The van der Waals surface area contributed by atoms with E-state index < -0.39 is 0 Å². The van der Waals surface area contributed by atoms with Crippen molar-refractivity contribution in [2.75, 3.05) is 13.2 Å². The smallest absolute Gasteiger partial charge is 0.854 e.